The smallest absolute Gasteiger partial charge is 0.249 e. The standard InChI is InChI=1S/C21H14FN3O/c22-15-8-9-18-17(10-15)20-16(21(24)26)2-1-3-19(20)25(18)12-14-6-4-13(11-23)5-7-14/h1-10H,12H2,(H2,24,26). The van der Waals surface area contributed by atoms with E-state index in [0.29, 0.717) is 28.4 Å². The van der Waals surface area contributed by atoms with Crippen molar-refractivity contribution in [2.45, 2.75) is 6.54 Å². The first-order valence-electron chi connectivity index (χ1n) is 8.08. The number of nitrogens with zero attached hydrogens (tertiary/aromatic N) is 2. The van der Waals surface area contributed by atoms with E-state index in [-0.39, 0.29) is 5.82 Å². The number of primary amides is 1. The zero-order valence-electron chi connectivity index (χ0n) is 13.7. The number of carbonyl (C=O) groups excluding carboxylic acids is 1. The van der Waals surface area contributed by atoms with Crippen LogP contribution in [0.4, 0.5) is 4.39 Å². The molecule has 1 amide bonds. The van der Waals surface area contributed by atoms with Crippen LogP contribution >= 0.6 is 0 Å². The lowest BCUT2D eigenvalue weighted by Gasteiger charge is -2.08. The molecule has 0 atom stereocenters. The molecule has 4 rings (SSSR count). The number of hydrogen-bond donors (Lipinski definition) is 1. The summed E-state index contributed by atoms with van der Waals surface area (Å²) in [6.45, 7) is 0.527. The summed E-state index contributed by atoms with van der Waals surface area (Å²) in [5.41, 5.74) is 9.12. The lowest BCUT2D eigenvalue weighted by Crippen LogP contribution is -2.11. The van der Waals surface area contributed by atoms with Crippen LogP contribution in [0.25, 0.3) is 21.8 Å². The molecule has 0 aliphatic carbocycles. The maximum Gasteiger partial charge on any atom is 0.249 e. The summed E-state index contributed by atoms with van der Waals surface area (Å²) in [4.78, 5) is 11.9. The molecule has 0 saturated heterocycles. The third-order valence-corrected chi connectivity index (χ3v) is 4.54. The molecule has 0 bridgehead atoms. The van der Waals surface area contributed by atoms with Gasteiger partial charge in [0.2, 0.25) is 5.91 Å². The average Bonchev–Trinajstić information content (AvgIpc) is 2.95. The van der Waals surface area contributed by atoms with Gasteiger partial charge in [-0.15, -0.1) is 0 Å². The largest absolute Gasteiger partial charge is 0.366 e. The molecule has 5 heteroatoms. The highest BCUT2D eigenvalue weighted by molar-refractivity contribution is 6.17. The monoisotopic (exact) mass is 343 g/mol. The highest BCUT2D eigenvalue weighted by atomic mass is 19.1. The van der Waals surface area contributed by atoms with Gasteiger partial charge in [0, 0.05) is 28.4 Å². The van der Waals surface area contributed by atoms with Crippen LogP contribution in [0.5, 0.6) is 0 Å². The number of rotatable bonds is 3. The SMILES string of the molecule is N#Cc1ccc(Cn2c3ccc(F)cc3c3c(C(N)=O)cccc32)cc1. The van der Waals surface area contributed by atoms with Gasteiger partial charge in [-0.1, -0.05) is 18.2 Å². The van der Waals surface area contributed by atoms with Crippen LogP contribution in [0.1, 0.15) is 21.5 Å². The van der Waals surface area contributed by atoms with Crippen molar-refractivity contribution in [3.63, 3.8) is 0 Å². The highest BCUT2D eigenvalue weighted by Gasteiger charge is 2.17. The topological polar surface area (TPSA) is 71.8 Å². The Labute approximate surface area is 148 Å². The lowest BCUT2D eigenvalue weighted by molar-refractivity contribution is 0.100. The van der Waals surface area contributed by atoms with Gasteiger partial charge in [-0.25, -0.2) is 4.39 Å². The van der Waals surface area contributed by atoms with Crippen LogP contribution in [0.2, 0.25) is 0 Å². The number of carbonyl (C=O) groups is 1. The van der Waals surface area contributed by atoms with Crippen LogP contribution in [0.15, 0.2) is 60.7 Å². The summed E-state index contributed by atoms with van der Waals surface area (Å²) in [6, 6.07) is 19.3. The van der Waals surface area contributed by atoms with Gasteiger partial charge in [0.25, 0.3) is 0 Å². The maximum absolute atomic E-state index is 13.9. The first-order valence-corrected chi connectivity index (χ1v) is 8.08. The van der Waals surface area contributed by atoms with E-state index in [2.05, 4.69) is 6.07 Å². The van der Waals surface area contributed by atoms with Gasteiger partial charge >= 0.3 is 0 Å². The molecule has 26 heavy (non-hydrogen) atoms. The number of nitriles is 1. The van der Waals surface area contributed by atoms with Crippen molar-refractivity contribution in [3.8, 4) is 6.07 Å². The first-order chi connectivity index (χ1) is 12.6. The minimum Gasteiger partial charge on any atom is -0.366 e. The normalized spacial score (nSPS) is 10.9. The summed E-state index contributed by atoms with van der Waals surface area (Å²) in [5, 5.41) is 10.3. The molecule has 0 saturated carbocycles. The van der Waals surface area contributed by atoms with Crippen molar-refractivity contribution >= 4 is 27.7 Å². The third kappa shape index (κ3) is 2.49. The fourth-order valence-corrected chi connectivity index (χ4v) is 3.36. The van der Waals surface area contributed by atoms with E-state index in [0.717, 1.165) is 16.6 Å². The van der Waals surface area contributed by atoms with Gasteiger partial charge in [-0.2, -0.15) is 5.26 Å². The van der Waals surface area contributed by atoms with E-state index >= 15 is 0 Å². The number of amides is 1. The Morgan fingerprint density at radius 1 is 1.08 bits per heavy atom. The van der Waals surface area contributed by atoms with Crippen molar-refractivity contribution < 1.29 is 9.18 Å². The summed E-state index contributed by atoms with van der Waals surface area (Å²) in [7, 11) is 0. The maximum atomic E-state index is 13.9. The summed E-state index contributed by atoms with van der Waals surface area (Å²) in [5.74, 6) is -0.911. The number of halogens is 1. The molecule has 0 unspecified atom stereocenters. The number of aromatic nitrogens is 1. The van der Waals surface area contributed by atoms with Gasteiger partial charge in [0.05, 0.1) is 17.1 Å². The van der Waals surface area contributed by atoms with Gasteiger partial charge in [-0.05, 0) is 48.0 Å². The Balaban J connectivity index is 1.99. The molecule has 4 nitrogen and oxygen atoms in total. The van der Waals surface area contributed by atoms with E-state index in [1.165, 1.54) is 12.1 Å². The van der Waals surface area contributed by atoms with E-state index in [1.807, 2.05) is 22.8 Å². The minimum absolute atomic E-state index is 0.366. The average molecular weight is 343 g/mol. The van der Waals surface area contributed by atoms with Crippen LogP contribution in [0, 0.1) is 17.1 Å². The van der Waals surface area contributed by atoms with Gasteiger partial charge in [0.15, 0.2) is 0 Å². The Morgan fingerprint density at radius 3 is 2.54 bits per heavy atom. The number of hydrogen-bond acceptors (Lipinski definition) is 2. The number of nitrogens with two attached hydrogens (primary N) is 1. The minimum atomic E-state index is -0.544. The zero-order valence-corrected chi connectivity index (χ0v) is 13.7. The molecule has 0 radical (unpaired) electrons. The molecule has 0 spiro atoms. The molecule has 3 aromatic carbocycles. The number of fused-ring (bicyclic) bond motifs is 3. The molecule has 2 N–H and O–H groups in total. The predicted molar refractivity (Wildman–Crippen MR) is 98.2 cm³/mol. The van der Waals surface area contributed by atoms with Gasteiger partial charge < -0.3 is 10.3 Å². The second kappa shape index (κ2) is 6.01. The second-order valence-electron chi connectivity index (χ2n) is 6.12. The van der Waals surface area contributed by atoms with Crippen molar-refractivity contribution in [2.24, 2.45) is 5.73 Å². The third-order valence-electron chi connectivity index (χ3n) is 4.54. The first kappa shape index (κ1) is 15.9. The van der Waals surface area contributed by atoms with Crippen molar-refractivity contribution in [2.75, 3.05) is 0 Å². The molecule has 1 heterocycles. The molecular weight excluding hydrogens is 329 g/mol. The van der Waals surface area contributed by atoms with E-state index in [4.69, 9.17) is 11.0 Å². The molecule has 0 fully saturated rings. The molecule has 126 valence electrons. The Kier molecular flexibility index (Phi) is 3.67. The molecule has 4 aromatic rings. The summed E-state index contributed by atoms with van der Waals surface area (Å²) < 4.78 is 15.9. The Morgan fingerprint density at radius 2 is 1.85 bits per heavy atom. The van der Waals surface area contributed by atoms with E-state index < -0.39 is 5.91 Å². The molecular formula is C21H14FN3O. The molecule has 1 aromatic heterocycles. The highest BCUT2D eigenvalue weighted by Crippen LogP contribution is 2.32. The second-order valence-corrected chi connectivity index (χ2v) is 6.12. The quantitative estimate of drug-likeness (QED) is 0.612. The van der Waals surface area contributed by atoms with Crippen molar-refractivity contribution in [1.29, 1.82) is 5.26 Å². The Hall–Kier alpha value is -3.65. The van der Waals surface area contributed by atoms with Gasteiger partial charge in [-0.3, -0.25) is 4.79 Å². The van der Waals surface area contributed by atoms with E-state index in [1.54, 1.807) is 30.3 Å². The Bertz CT molecular complexity index is 1200. The fraction of sp³-hybridized carbons (Fsp3) is 0.0476. The van der Waals surface area contributed by atoms with Gasteiger partial charge in [0.1, 0.15) is 5.82 Å². The molecule has 0 aliphatic heterocycles. The van der Waals surface area contributed by atoms with Crippen molar-refractivity contribution in [3.05, 3.63) is 83.2 Å². The summed E-state index contributed by atoms with van der Waals surface area (Å²) in [6.07, 6.45) is 0. The predicted octanol–water partition coefficient (Wildman–Crippen LogP) is 3.95. The summed E-state index contributed by atoms with van der Waals surface area (Å²) >= 11 is 0. The van der Waals surface area contributed by atoms with Crippen LogP contribution in [-0.4, -0.2) is 10.5 Å². The zero-order chi connectivity index (χ0) is 18.3. The van der Waals surface area contributed by atoms with Crippen LogP contribution in [-0.2, 0) is 6.54 Å². The van der Waals surface area contributed by atoms with Crippen LogP contribution < -0.4 is 5.73 Å². The van der Waals surface area contributed by atoms with Crippen LogP contribution in [0.3, 0.4) is 0 Å². The number of benzene rings is 3. The fourth-order valence-electron chi connectivity index (χ4n) is 3.36. The van der Waals surface area contributed by atoms with E-state index in [9.17, 15) is 9.18 Å². The lowest BCUT2D eigenvalue weighted by atomic mass is 10.1. The van der Waals surface area contributed by atoms with Crippen molar-refractivity contribution in [1.82, 2.24) is 4.57 Å². The molecule has 0 aliphatic rings.